The molecule has 0 spiro atoms. The van der Waals surface area contributed by atoms with Gasteiger partial charge in [0.2, 0.25) is 5.91 Å². The van der Waals surface area contributed by atoms with E-state index < -0.39 is 0 Å². The lowest BCUT2D eigenvalue weighted by atomic mass is 10.2. The van der Waals surface area contributed by atoms with E-state index in [1.165, 1.54) is 11.8 Å². The van der Waals surface area contributed by atoms with E-state index in [0.29, 0.717) is 16.4 Å². The summed E-state index contributed by atoms with van der Waals surface area (Å²) in [6.07, 6.45) is 0. The largest absolute Gasteiger partial charge is 0.324 e. The Hall–Kier alpha value is -2.39. The van der Waals surface area contributed by atoms with Crippen molar-refractivity contribution in [2.24, 2.45) is 0 Å². The summed E-state index contributed by atoms with van der Waals surface area (Å²) in [5, 5.41) is 12.0. The summed E-state index contributed by atoms with van der Waals surface area (Å²) in [5.41, 5.74) is 2.70. The molecule has 0 saturated carbocycles. The lowest BCUT2D eigenvalue weighted by molar-refractivity contribution is -0.115. The summed E-state index contributed by atoms with van der Waals surface area (Å²) >= 11 is 1.30. The Labute approximate surface area is 133 Å². The van der Waals surface area contributed by atoms with Gasteiger partial charge in [-0.1, -0.05) is 23.9 Å². The van der Waals surface area contributed by atoms with Gasteiger partial charge in [0, 0.05) is 11.4 Å². The minimum Gasteiger partial charge on any atom is -0.324 e. The Morgan fingerprint density at radius 1 is 1.27 bits per heavy atom. The molecule has 22 heavy (non-hydrogen) atoms. The highest BCUT2D eigenvalue weighted by atomic mass is 32.2. The van der Waals surface area contributed by atoms with E-state index in [1.54, 1.807) is 31.2 Å². The maximum absolute atomic E-state index is 12.3. The Morgan fingerprint density at radius 3 is 2.55 bits per heavy atom. The third kappa shape index (κ3) is 4.06. The molecule has 1 N–H and O–H groups in total. The van der Waals surface area contributed by atoms with Crippen LogP contribution in [0.4, 0.5) is 5.69 Å². The fourth-order valence-electron chi connectivity index (χ4n) is 1.88. The number of thioether (sulfide) groups is 1. The van der Waals surface area contributed by atoms with Crippen LogP contribution in [0.3, 0.4) is 0 Å². The molecule has 0 bridgehead atoms. The molecule has 0 aliphatic heterocycles. The minimum absolute atomic E-state index is 0.185. The first-order valence-corrected chi connectivity index (χ1v) is 7.66. The molecule has 0 saturated heterocycles. The normalized spacial score (nSPS) is 11.5. The summed E-state index contributed by atoms with van der Waals surface area (Å²) in [6.45, 7) is 5.58. The number of aryl methyl sites for hydroxylation is 2. The Balaban J connectivity index is 2.08. The lowest BCUT2D eigenvalue weighted by Crippen LogP contribution is -2.23. The lowest BCUT2D eigenvalue weighted by Gasteiger charge is -2.12. The van der Waals surface area contributed by atoms with Crippen LogP contribution >= 0.6 is 11.8 Å². The summed E-state index contributed by atoms with van der Waals surface area (Å²) < 4.78 is 0. The van der Waals surface area contributed by atoms with Gasteiger partial charge in [0.25, 0.3) is 0 Å². The molecule has 0 unspecified atom stereocenters. The maximum Gasteiger partial charge on any atom is 0.237 e. The summed E-state index contributed by atoms with van der Waals surface area (Å²) in [6, 6.07) is 10.9. The van der Waals surface area contributed by atoms with Crippen molar-refractivity contribution >= 4 is 23.4 Å². The molecule has 5 nitrogen and oxygen atoms in total. The van der Waals surface area contributed by atoms with Crippen molar-refractivity contribution in [2.75, 3.05) is 5.32 Å². The fourth-order valence-corrected chi connectivity index (χ4v) is 2.76. The number of aromatic nitrogens is 2. The molecule has 1 heterocycles. The van der Waals surface area contributed by atoms with Gasteiger partial charge in [0.15, 0.2) is 5.16 Å². The number of nitrogens with one attached hydrogen (secondary N) is 1. The van der Waals surface area contributed by atoms with Crippen molar-refractivity contribution < 1.29 is 4.79 Å². The third-order valence-corrected chi connectivity index (χ3v) is 3.88. The standard InChI is InChI=1S/C16H16N4OS/c1-10-8-11(2)19-16(18-10)22-12(3)15(21)20-14-7-5-4-6-13(14)9-17/h4-8,12H,1-3H3,(H,20,21)/t12-/m0/s1. The number of rotatable bonds is 4. The molecule has 112 valence electrons. The monoisotopic (exact) mass is 312 g/mol. The zero-order valence-electron chi connectivity index (χ0n) is 12.6. The number of benzene rings is 1. The second-order valence-electron chi connectivity index (χ2n) is 4.84. The molecule has 1 amide bonds. The highest BCUT2D eigenvalue weighted by molar-refractivity contribution is 8.00. The van der Waals surface area contributed by atoms with Crippen LogP contribution in [0.2, 0.25) is 0 Å². The molecule has 6 heteroatoms. The van der Waals surface area contributed by atoms with Crippen molar-refractivity contribution in [3.63, 3.8) is 0 Å². The van der Waals surface area contributed by atoms with Gasteiger partial charge in [-0.3, -0.25) is 4.79 Å². The number of carbonyl (C=O) groups excluding carboxylic acids is 1. The topological polar surface area (TPSA) is 78.7 Å². The van der Waals surface area contributed by atoms with Gasteiger partial charge in [-0.25, -0.2) is 9.97 Å². The van der Waals surface area contributed by atoms with Crippen LogP contribution in [-0.2, 0) is 4.79 Å². The van der Waals surface area contributed by atoms with Crippen LogP contribution in [0.25, 0.3) is 0 Å². The molecular formula is C16H16N4OS. The molecule has 0 fully saturated rings. The average Bonchev–Trinajstić information content (AvgIpc) is 2.46. The zero-order chi connectivity index (χ0) is 16.1. The number of para-hydroxylation sites is 1. The number of carbonyl (C=O) groups is 1. The number of hydrogen-bond acceptors (Lipinski definition) is 5. The molecule has 2 aromatic rings. The Kier molecular flexibility index (Phi) is 5.12. The summed E-state index contributed by atoms with van der Waals surface area (Å²) in [4.78, 5) is 20.9. The first kappa shape index (κ1) is 16.0. The molecular weight excluding hydrogens is 296 g/mol. The summed E-state index contributed by atoms with van der Waals surface area (Å²) in [5.74, 6) is -0.185. The van der Waals surface area contributed by atoms with E-state index in [2.05, 4.69) is 21.4 Å². The van der Waals surface area contributed by atoms with Crippen molar-refractivity contribution in [3.8, 4) is 6.07 Å². The molecule has 0 radical (unpaired) electrons. The zero-order valence-corrected chi connectivity index (χ0v) is 13.4. The van der Waals surface area contributed by atoms with E-state index in [0.717, 1.165) is 11.4 Å². The molecule has 1 aromatic heterocycles. The van der Waals surface area contributed by atoms with Crippen LogP contribution < -0.4 is 5.32 Å². The predicted molar refractivity (Wildman–Crippen MR) is 86.6 cm³/mol. The van der Waals surface area contributed by atoms with Gasteiger partial charge < -0.3 is 5.32 Å². The smallest absolute Gasteiger partial charge is 0.237 e. The van der Waals surface area contributed by atoms with Gasteiger partial charge in [0.1, 0.15) is 6.07 Å². The Morgan fingerprint density at radius 2 is 1.91 bits per heavy atom. The number of amides is 1. The average molecular weight is 312 g/mol. The molecule has 0 aliphatic carbocycles. The van der Waals surface area contributed by atoms with Crippen molar-refractivity contribution in [2.45, 2.75) is 31.2 Å². The predicted octanol–water partition coefficient (Wildman–Crippen LogP) is 3.08. The van der Waals surface area contributed by atoms with E-state index in [4.69, 9.17) is 5.26 Å². The highest BCUT2D eigenvalue weighted by Crippen LogP contribution is 2.22. The highest BCUT2D eigenvalue weighted by Gasteiger charge is 2.17. The molecule has 1 atom stereocenters. The van der Waals surface area contributed by atoms with Gasteiger partial charge >= 0.3 is 0 Å². The second-order valence-corrected chi connectivity index (χ2v) is 6.15. The minimum atomic E-state index is -0.368. The van der Waals surface area contributed by atoms with Crippen molar-refractivity contribution in [1.82, 2.24) is 9.97 Å². The van der Waals surface area contributed by atoms with Gasteiger partial charge in [0.05, 0.1) is 16.5 Å². The fraction of sp³-hybridized carbons (Fsp3) is 0.250. The van der Waals surface area contributed by atoms with E-state index >= 15 is 0 Å². The molecule has 0 aliphatic rings. The number of hydrogen-bond donors (Lipinski definition) is 1. The Bertz CT molecular complexity index is 719. The third-order valence-electron chi connectivity index (χ3n) is 2.92. The maximum atomic E-state index is 12.3. The van der Waals surface area contributed by atoms with E-state index in [-0.39, 0.29) is 11.2 Å². The van der Waals surface area contributed by atoms with Crippen molar-refractivity contribution in [1.29, 1.82) is 5.26 Å². The van der Waals surface area contributed by atoms with E-state index in [1.807, 2.05) is 19.9 Å². The van der Waals surface area contributed by atoms with Crippen LogP contribution in [0.5, 0.6) is 0 Å². The van der Waals surface area contributed by atoms with Crippen LogP contribution in [-0.4, -0.2) is 21.1 Å². The second kappa shape index (κ2) is 7.05. The van der Waals surface area contributed by atoms with Crippen LogP contribution in [0.1, 0.15) is 23.9 Å². The number of nitrogens with zero attached hydrogens (tertiary/aromatic N) is 3. The number of anilines is 1. The number of nitriles is 1. The van der Waals surface area contributed by atoms with Gasteiger partial charge in [-0.05, 0) is 39.0 Å². The van der Waals surface area contributed by atoms with Crippen LogP contribution in [0.15, 0.2) is 35.5 Å². The molecule has 1 aromatic carbocycles. The van der Waals surface area contributed by atoms with Crippen molar-refractivity contribution in [3.05, 3.63) is 47.3 Å². The van der Waals surface area contributed by atoms with E-state index in [9.17, 15) is 4.79 Å². The van der Waals surface area contributed by atoms with Gasteiger partial charge in [-0.2, -0.15) is 5.26 Å². The van der Waals surface area contributed by atoms with Crippen LogP contribution in [0, 0.1) is 25.2 Å². The quantitative estimate of drug-likeness (QED) is 0.693. The summed E-state index contributed by atoms with van der Waals surface area (Å²) in [7, 11) is 0. The van der Waals surface area contributed by atoms with Gasteiger partial charge in [-0.15, -0.1) is 0 Å². The molecule has 2 rings (SSSR count). The SMILES string of the molecule is Cc1cc(C)nc(S[C@@H](C)C(=O)Nc2ccccc2C#N)n1. The first-order chi connectivity index (χ1) is 10.5. The first-order valence-electron chi connectivity index (χ1n) is 6.78.